The third-order valence-electron chi connectivity index (χ3n) is 6.82. The number of aryl methyl sites for hydroxylation is 2. The molecule has 9 nitrogen and oxygen atoms in total. The van der Waals surface area contributed by atoms with Crippen molar-refractivity contribution < 1.29 is 9.53 Å². The van der Waals surface area contributed by atoms with Crippen LogP contribution in [0.3, 0.4) is 0 Å². The Labute approximate surface area is 213 Å². The van der Waals surface area contributed by atoms with Crippen molar-refractivity contribution in [1.82, 2.24) is 29.4 Å². The maximum absolute atomic E-state index is 13.5. The van der Waals surface area contributed by atoms with Crippen molar-refractivity contribution in [2.75, 3.05) is 19.4 Å². The molecular formula is C28H25N7O2. The number of ether oxygens (including phenoxy) is 1. The monoisotopic (exact) mass is 491 g/mol. The maximum atomic E-state index is 13.5. The lowest BCUT2D eigenvalue weighted by molar-refractivity contribution is 0.0708. The minimum absolute atomic E-state index is 0.104. The highest BCUT2D eigenvalue weighted by atomic mass is 16.5. The van der Waals surface area contributed by atoms with Gasteiger partial charge in [-0.05, 0) is 37.3 Å². The van der Waals surface area contributed by atoms with E-state index in [-0.39, 0.29) is 11.9 Å². The largest absolute Gasteiger partial charge is 0.491 e. The van der Waals surface area contributed by atoms with Crippen LogP contribution in [0.2, 0.25) is 0 Å². The number of nitrogens with two attached hydrogens (primary N) is 1. The summed E-state index contributed by atoms with van der Waals surface area (Å²) in [7, 11) is 3.65. The normalized spacial score (nSPS) is 14.3. The van der Waals surface area contributed by atoms with E-state index < -0.39 is 0 Å². The van der Waals surface area contributed by atoms with Crippen LogP contribution in [0.5, 0.6) is 5.75 Å². The topological polar surface area (TPSA) is 104 Å². The van der Waals surface area contributed by atoms with E-state index in [0.717, 1.165) is 50.8 Å². The fourth-order valence-corrected chi connectivity index (χ4v) is 4.77. The second-order valence-electron chi connectivity index (χ2n) is 9.09. The number of hydrogen-bond donors (Lipinski definition) is 1. The lowest BCUT2D eigenvalue weighted by Crippen LogP contribution is -2.32. The highest BCUT2D eigenvalue weighted by Gasteiger charge is 2.31. The molecule has 0 aliphatic carbocycles. The molecule has 0 spiro atoms. The summed E-state index contributed by atoms with van der Waals surface area (Å²) in [5.74, 6) is 7.38. The van der Waals surface area contributed by atoms with Crippen LogP contribution in [0.4, 0.5) is 5.82 Å². The molecule has 1 amide bonds. The predicted molar refractivity (Wildman–Crippen MR) is 141 cm³/mol. The molecule has 1 aliphatic rings. The molecular weight excluding hydrogens is 466 g/mol. The molecule has 2 N–H and O–H groups in total. The number of carbonyl (C=O) groups is 1. The number of carbonyl (C=O) groups excluding carboxylic acids is 1. The van der Waals surface area contributed by atoms with E-state index in [1.54, 1.807) is 35.1 Å². The SMILES string of the molecule is CCn1cc(C#Cc2ccc3c(c2)OC[C@H]3N(C)C(=O)c2ccc3nc(N)c4cnn(C)c4c3c2)cn1. The molecule has 0 bridgehead atoms. The number of fused-ring (bicyclic) bond motifs is 4. The van der Waals surface area contributed by atoms with Crippen LogP contribution in [0.15, 0.2) is 55.0 Å². The number of nitrogen functional groups attached to an aromatic ring is 1. The van der Waals surface area contributed by atoms with Gasteiger partial charge >= 0.3 is 0 Å². The third-order valence-corrected chi connectivity index (χ3v) is 6.82. The summed E-state index contributed by atoms with van der Waals surface area (Å²) in [5, 5.41) is 10.2. The van der Waals surface area contributed by atoms with Gasteiger partial charge in [-0.2, -0.15) is 10.2 Å². The maximum Gasteiger partial charge on any atom is 0.254 e. The molecule has 3 aromatic heterocycles. The molecule has 0 saturated heterocycles. The Balaban J connectivity index is 1.27. The van der Waals surface area contributed by atoms with E-state index in [4.69, 9.17) is 10.5 Å². The highest BCUT2D eigenvalue weighted by molar-refractivity contribution is 6.10. The molecule has 1 atom stereocenters. The fraction of sp³-hybridized carbons (Fsp3) is 0.214. The van der Waals surface area contributed by atoms with Crippen molar-refractivity contribution in [3.8, 4) is 17.6 Å². The molecule has 1 aliphatic heterocycles. The first-order valence-corrected chi connectivity index (χ1v) is 12.0. The molecule has 0 radical (unpaired) electrons. The van der Waals surface area contributed by atoms with Crippen molar-refractivity contribution in [2.45, 2.75) is 19.5 Å². The summed E-state index contributed by atoms with van der Waals surface area (Å²) in [6.07, 6.45) is 5.37. The first-order chi connectivity index (χ1) is 17.9. The Kier molecular flexibility index (Phi) is 5.30. The van der Waals surface area contributed by atoms with E-state index in [1.165, 1.54) is 0 Å². The van der Waals surface area contributed by atoms with Crippen LogP contribution in [-0.2, 0) is 13.6 Å². The molecule has 9 heteroatoms. The van der Waals surface area contributed by atoms with Crippen molar-refractivity contribution in [3.05, 3.63) is 77.2 Å². The summed E-state index contributed by atoms with van der Waals surface area (Å²) >= 11 is 0. The van der Waals surface area contributed by atoms with Gasteiger partial charge in [0.2, 0.25) is 0 Å². The van der Waals surface area contributed by atoms with Gasteiger partial charge in [0.25, 0.3) is 5.91 Å². The predicted octanol–water partition coefficient (Wildman–Crippen LogP) is 3.53. The van der Waals surface area contributed by atoms with Gasteiger partial charge in [0.15, 0.2) is 0 Å². The van der Waals surface area contributed by atoms with Gasteiger partial charge in [-0.15, -0.1) is 0 Å². The number of likely N-dealkylation sites (N-methyl/N-ethyl adjacent to an activating group) is 1. The first kappa shape index (κ1) is 22.6. The molecule has 184 valence electrons. The van der Waals surface area contributed by atoms with E-state index >= 15 is 0 Å². The number of benzene rings is 2. The van der Waals surface area contributed by atoms with E-state index in [1.807, 2.05) is 55.2 Å². The zero-order chi connectivity index (χ0) is 25.7. The average Bonchev–Trinajstić information content (AvgIpc) is 3.65. The number of amides is 1. The number of rotatable bonds is 3. The molecule has 4 heterocycles. The van der Waals surface area contributed by atoms with Crippen LogP contribution in [0, 0.1) is 11.8 Å². The van der Waals surface area contributed by atoms with Gasteiger partial charge in [-0.3, -0.25) is 14.2 Å². The second-order valence-corrected chi connectivity index (χ2v) is 9.09. The Hall–Kier alpha value is -4.84. The smallest absolute Gasteiger partial charge is 0.254 e. The lowest BCUT2D eigenvalue weighted by atomic mass is 10.0. The molecule has 0 fully saturated rings. The van der Waals surface area contributed by atoms with Gasteiger partial charge in [-0.1, -0.05) is 17.9 Å². The number of pyridine rings is 1. The Bertz CT molecular complexity index is 1760. The van der Waals surface area contributed by atoms with Gasteiger partial charge in [0.1, 0.15) is 18.2 Å². The van der Waals surface area contributed by atoms with Crippen LogP contribution in [0.1, 0.15) is 40.0 Å². The van der Waals surface area contributed by atoms with Crippen LogP contribution in [0.25, 0.3) is 21.8 Å². The number of aromatic nitrogens is 5. The standard InChI is InChI=1S/C28H25N7O2/c1-4-35-15-18(13-31-35)6-5-17-7-9-20-24(16-37-25(20)11-17)33(2)28(36)19-8-10-23-21(12-19)26-22(27(29)32-23)14-30-34(26)3/h7-15,24H,4,16H2,1-3H3,(H2,29,32)/t24-/m1/s1. The van der Waals surface area contributed by atoms with Gasteiger partial charge < -0.3 is 15.4 Å². The van der Waals surface area contributed by atoms with Crippen molar-refractivity contribution in [1.29, 1.82) is 0 Å². The molecule has 0 unspecified atom stereocenters. The molecule has 5 aromatic rings. The number of nitrogens with zero attached hydrogens (tertiary/aromatic N) is 6. The summed E-state index contributed by atoms with van der Waals surface area (Å²) < 4.78 is 9.56. The number of anilines is 1. The Morgan fingerprint density at radius 3 is 2.78 bits per heavy atom. The average molecular weight is 492 g/mol. The van der Waals surface area contributed by atoms with Crippen LogP contribution < -0.4 is 10.5 Å². The van der Waals surface area contributed by atoms with Gasteiger partial charge in [-0.25, -0.2) is 4.98 Å². The Morgan fingerprint density at radius 2 is 1.97 bits per heavy atom. The van der Waals surface area contributed by atoms with Crippen LogP contribution >= 0.6 is 0 Å². The molecule has 2 aromatic carbocycles. The van der Waals surface area contributed by atoms with Gasteiger partial charge in [0.05, 0.1) is 40.4 Å². The van der Waals surface area contributed by atoms with Crippen LogP contribution in [-0.4, -0.2) is 49.0 Å². The van der Waals surface area contributed by atoms with Crippen molar-refractivity contribution >= 4 is 33.5 Å². The van der Waals surface area contributed by atoms with Crippen molar-refractivity contribution in [3.63, 3.8) is 0 Å². The van der Waals surface area contributed by atoms with E-state index in [2.05, 4.69) is 27.0 Å². The lowest BCUT2D eigenvalue weighted by Gasteiger charge is -2.24. The summed E-state index contributed by atoms with van der Waals surface area (Å²) in [6.45, 7) is 3.23. The summed E-state index contributed by atoms with van der Waals surface area (Å²) in [4.78, 5) is 19.7. The first-order valence-electron chi connectivity index (χ1n) is 12.0. The highest BCUT2D eigenvalue weighted by Crippen LogP contribution is 2.37. The van der Waals surface area contributed by atoms with Crippen molar-refractivity contribution in [2.24, 2.45) is 7.05 Å². The molecule has 6 rings (SSSR count). The second kappa shape index (κ2) is 8.68. The van der Waals surface area contributed by atoms with E-state index in [0.29, 0.717) is 18.0 Å². The summed E-state index contributed by atoms with van der Waals surface area (Å²) in [6, 6.07) is 11.1. The molecule has 37 heavy (non-hydrogen) atoms. The number of hydrogen-bond acceptors (Lipinski definition) is 6. The summed E-state index contributed by atoms with van der Waals surface area (Å²) in [5.41, 5.74) is 10.9. The minimum atomic E-state index is -0.204. The van der Waals surface area contributed by atoms with E-state index in [9.17, 15) is 4.79 Å². The Morgan fingerprint density at radius 1 is 1.14 bits per heavy atom. The molecule has 0 saturated carbocycles. The fourth-order valence-electron chi connectivity index (χ4n) is 4.77. The minimum Gasteiger partial charge on any atom is -0.491 e. The zero-order valence-corrected chi connectivity index (χ0v) is 20.8. The zero-order valence-electron chi connectivity index (χ0n) is 20.8. The third kappa shape index (κ3) is 3.83. The quantitative estimate of drug-likeness (QED) is 0.387. The van der Waals surface area contributed by atoms with Gasteiger partial charge in [0, 0.05) is 48.9 Å².